The van der Waals surface area contributed by atoms with E-state index in [4.69, 9.17) is 14.2 Å². The Kier molecular flexibility index (Phi) is 5.66. The Morgan fingerprint density at radius 2 is 1.79 bits per heavy atom. The molecule has 1 aromatic carbocycles. The standard InChI is InChI=1S/C17H26N2O4Si/c1-12(20)17-13-9-15(21-2)16(22-3)10-14(13)18-19(17)11-23-7-8-24(4,5)6/h9-10H,7-8,11H2,1-6H3. The highest BCUT2D eigenvalue weighted by molar-refractivity contribution is 6.76. The molecule has 2 aromatic rings. The van der Waals surface area contributed by atoms with Crippen LogP contribution in [0.25, 0.3) is 10.9 Å². The number of hydrogen-bond acceptors (Lipinski definition) is 5. The van der Waals surface area contributed by atoms with Gasteiger partial charge in [0.1, 0.15) is 12.4 Å². The van der Waals surface area contributed by atoms with Crippen LogP contribution in [0.1, 0.15) is 17.4 Å². The molecule has 6 nitrogen and oxygen atoms in total. The van der Waals surface area contributed by atoms with Gasteiger partial charge in [-0.2, -0.15) is 5.10 Å². The van der Waals surface area contributed by atoms with Crippen molar-refractivity contribution in [2.45, 2.75) is 39.3 Å². The Labute approximate surface area is 143 Å². The molecular formula is C17H26N2O4Si. The van der Waals surface area contributed by atoms with Crippen LogP contribution in [-0.2, 0) is 11.5 Å². The Balaban J connectivity index is 2.32. The molecule has 0 fully saturated rings. The number of fused-ring (bicyclic) bond motifs is 1. The number of benzene rings is 1. The summed E-state index contributed by atoms with van der Waals surface area (Å²) in [5.74, 6) is 1.11. The predicted octanol–water partition coefficient (Wildman–Crippen LogP) is 3.57. The number of aromatic nitrogens is 2. The van der Waals surface area contributed by atoms with Gasteiger partial charge in [0, 0.05) is 33.1 Å². The average molecular weight is 350 g/mol. The molecule has 0 saturated heterocycles. The van der Waals surface area contributed by atoms with Crippen LogP contribution in [0.2, 0.25) is 25.7 Å². The summed E-state index contributed by atoms with van der Waals surface area (Å²) in [6.45, 7) is 9.38. The van der Waals surface area contributed by atoms with Crippen molar-refractivity contribution in [3.05, 3.63) is 17.8 Å². The molecular weight excluding hydrogens is 324 g/mol. The van der Waals surface area contributed by atoms with E-state index in [9.17, 15) is 4.79 Å². The Hall–Kier alpha value is -1.86. The molecule has 0 saturated carbocycles. The van der Waals surface area contributed by atoms with Crippen molar-refractivity contribution in [2.24, 2.45) is 0 Å². The minimum atomic E-state index is -1.14. The number of ketones is 1. The van der Waals surface area contributed by atoms with Crippen LogP contribution in [0.15, 0.2) is 12.1 Å². The van der Waals surface area contributed by atoms with Gasteiger partial charge in [-0.1, -0.05) is 19.6 Å². The van der Waals surface area contributed by atoms with Gasteiger partial charge in [-0.05, 0) is 12.1 Å². The van der Waals surface area contributed by atoms with E-state index >= 15 is 0 Å². The molecule has 0 radical (unpaired) electrons. The summed E-state index contributed by atoms with van der Waals surface area (Å²) in [5, 5.41) is 5.24. The van der Waals surface area contributed by atoms with Gasteiger partial charge >= 0.3 is 0 Å². The summed E-state index contributed by atoms with van der Waals surface area (Å²) in [5.41, 5.74) is 1.21. The molecule has 24 heavy (non-hydrogen) atoms. The van der Waals surface area contributed by atoms with Crippen molar-refractivity contribution in [3.63, 3.8) is 0 Å². The van der Waals surface area contributed by atoms with Crippen LogP contribution in [0.5, 0.6) is 11.5 Å². The zero-order valence-electron chi connectivity index (χ0n) is 15.3. The third-order valence-corrected chi connectivity index (χ3v) is 5.49. The maximum absolute atomic E-state index is 12.1. The lowest BCUT2D eigenvalue weighted by Gasteiger charge is -2.15. The fourth-order valence-corrected chi connectivity index (χ4v) is 3.21. The molecule has 0 amide bonds. The molecule has 0 spiro atoms. The van der Waals surface area contributed by atoms with Gasteiger partial charge in [0.15, 0.2) is 17.3 Å². The smallest absolute Gasteiger partial charge is 0.178 e. The topological polar surface area (TPSA) is 62.6 Å². The van der Waals surface area contributed by atoms with Gasteiger partial charge in [0.05, 0.1) is 19.7 Å². The maximum atomic E-state index is 12.1. The second-order valence-electron chi connectivity index (χ2n) is 6.98. The third-order valence-electron chi connectivity index (χ3n) is 3.79. The number of Topliss-reactive ketones (excluding diaryl/α,β-unsaturated/α-hetero) is 1. The molecule has 1 aromatic heterocycles. The lowest BCUT2D eigenvalue weighted by molar-refractivity contribution is 0.0740. The second kappa shape index (κ2) is 7.35. The first kappa shape index (κ1) is 18.5. The summed E-state index contributed by atoms with van der Waals surface area (Å²) < 4.78 is 18.0. The number of rotatable bonds is 8. The highest BCUT2D eigenvalue weighted by atomic mass is 28.3. The summed E-state index contributed by atoms with van der Waals surface area (Å²) in [7, 11) is 2.00. The van der Waals surface area contributed by atoms with Gasteiger partial charge in [0.2, 0.25) is 0 Å². The van der Waals surface area contributed by atoms with Crippen molar-refractivity contribution in [1.29, 1.82) is 0 Å². The zero-order chi connectivity index (χ0) is 17.9. The second-order valence-corrected chi connectivity index (χ2v) is 12.6. The fourth-order valence-electron chi connectivity index (χ4n) is 2.45. The van der Waals surface area contributed by atoms with Crippen molar-refractivity contribution < 1.29 is 19.0 Å². The summed E-state index contributed by atoms with van der Waals surface area (Å²) >= 11 is 0. The molecule has 132 valence electrons. The van der Waals surface area contributed by atoms with Crippen LogP contribution < -0.4 is 9.47 Å². The van der Waals surface area contributed by atoms with E-state index in [0.29, 0.717) is 29.3 Å². The van der Waals surface area contributed by atoms with E-state index in [-0.39, 0.29) is 12.5 Å². The predicted molar refractivity (Wildman–Crippen MR) is 96.9 cm³/mol. The Bertz CT molecular complexity index is 734. The molecule has 7 heteroatoms. The molecule has 0 aliphatic carbocycles. The monoisotopic (exact) mass is 350 g/mol. The van der Waals surface area contributed by atoms with Gasteiger partial charge in [0.25, 0.3) is 0 Å². The van der Waals surface area contributed by atoms with Crippen LogP contribution in [-0.4, -0.2) is 44.5 Å². The van der Waals surface area contributed by atoms with Crippen LogP contribution in [0.3, 0.4) is 0 Å². The van der Waals surface area contributed by atoms with Gasteiger partial charge in [-0.25, -0.2) is 4.68 Å². The normalized spacial score (nSPS) is 11.8. The molecule has 0 aliphatic rings. The third kappa shape index (κ3) is 4.15. The number of carbonyl (C=O) groups excluding carboxylic acids is 1. The minimum Gasteiger partial charge on any atom is -0.493 e. The van der Waals surface area contributed by atoms with E-state index in [1.807, 2.05) is 0 Å². The van der Waals surface area contributed by atoms with Gasteiger partial charge < -0.3 is 14.2 Å². The van der Waals surface area contributed by atoms with Crippen LogP contribution in [0, 0.1) is 0 Å². The first-order chi connectivity index (χ1) is 11.3. The molecule has 0 aliphatic heterocycles. The quantitative estimate of drug-likeness (QED) is 0.414. The van der Waals surface area contributed by atoms with Crippen molar-refractivity contribution >= 4 is 24.8 Å². The summed E-state index contributed by atoms with van der Waals surface area (Å²) in [6.07, 6.45) is 0. The number of nitrogens with zero attached hydrogens (tertiary/aromatic N) is 2. The largest absolute Gasteiger partial charge is 0.493 e. The molecule has 0 N–H and O–H groups in total. The van der Waals surface area contributed by atoms with Crippen molar-refractivity contribution in [2.75, 3.05) is 20.8 Å². The zero-order valence-corrected chi connectivity index (χ0v) is 16.3. The first-order valence-corrected chi connectivity index (χ1v) is 11.7. The van der Waals surface area contributed by atoms with Crippen LogP contribution >= 0.6 is 0 Å². The average Bonchev–Trinajstić information content (AvgIpc) is 2.86. The Morgan fingerprint density at radius 1 is 1.17 bits per heavy atom. The van der Waals surface area contributed by atoms with Gasteiger partial charge in [-0.15, -0.1) is 0 Å². The summed E-state index contributed by atoms with van der Waals surface area (Å²) in [6, 6.07) is 4.64. The number of ether oxygens (including phenoxy) is 3. The van der Waals surface area contributed by atoms with Crippen LogP contribution in [0.4, 0.5) is 0 Å². The lowest BCUT2D eigenvalue weighted by Crippen LogP contribution is -2.22. The fraction of sp³-hybridized carbons (Fsp3) is 0.529. The minimum absolute atomic E-state index is 0.0569. The molecule has 0 unspecified atom stereocenters. The number of methoxy groups -OCH3 is 2. The highest BCUT2D eigenvalue weighted by Crippen LogP contribution is 2.33. The number of hydrogen-bond donors (Lipinski definition) is 0. The first-order valence-electron chi connectivity index (χ1n) is 7.98. The molecule has 2 rings (SSSR count). The van der Waals surface area contributed by atoms with E-state index in [0.717, 1.165) is 11.4 Å². The van der Waals surface area contributed by atoms with E-state index in [2.05, 4.69) is 24.7 Å². The number of carbonyl (C=O) groups is 1. The molecule has 1 heterocycles. The molecule has 0 atom stereocenters. The Morgan fingerprint density at radius 3 is 2.33 bits per heavy atom. The van der Waals surface area contributed by atoms with E-state index in [1.165, 1.54) is 6.92 Å². The maximum Gasteiger partial charge on any atom is 0.178 e. The van der Waals surface area contributed by atoms with Gasteiger partial charge in [-0.3, -0.25) is 4.79 Å². The highest BCUT2D eigenvalue weighted by Gasteiger charge is 2.19. The SMILES string of the molecule is COc1cc2nn(COCC[Si](C)(C)C)c(C(C)=O)c2cc1OC. The molecule has 0 bridgehead atoms. The lowest BCUT2D eigenvalue weighted by atomic mass is 10.1. The summed E-state index contributed by atoms with van der Waals surface area (Å²) in [4.78, 5) is 12.1. The van der Waals surface area contributed by atoms with E-state index < -0.39 is 8.07 Å². The van der Waals surface area contributed by atoms with Crippen molar-refractivity contribution in [3.8, 4) is 11.5 Å². The van der Waals surface area contributed by atoms with Crippen molar-refractivity contribution in [1.82, 2.24) is 9.78 Å². The van der Waals surface area contributed by atoms with E-state index in [1.54, 1.807) is 31.0 Å².